The molecule has 3 rings (SSSR count). The van der Waals surface area contributed by atoms with Gasteiger partial charge in [0.1, 0.15) is 11.8 Å². The molecule has 0 aliphatic rings. The fourth-order valence-corrected chi connectivity index (χ4v) is 2.54. The molecule has 0 spiro atoms. The molecule has 120 valence electrons. The van der Waals surface area contributed by atoms with Gasteiger partial charge in [-0.3, -0.25) is 9.59 Å². The lowest BCUT2D eigenvalue weighted by molar-refractivity contribution is 0.102. The summed E-state index contributed by atoms with van der Waals surface area (Å²) in [4.78, 5) is 29.6. The number of rotatable bonds is 3. The van der Waals surface area contributed by atoms with Gasteiger partial charge < -0.3 is 14.9 Å². The number of carbonyl (C=O) groups excluding carboxylic acids is 1. The molecule has 0 saturated carbocycles. The maximum atomic E-state index is 12.2. The fourth-order valence-electron chi connectivity index (χ4n) is 2.54. The van der Waals surface area contributed by atoms with Crippen LogP contribution >= 0.6 is 0 Å². The van der Waals surface area contributed by atoms with E-state index in [1.807, 2.05) is 24.5 Å². The number of fused-ring (bicyclic) bond motifs is 1. The highest BCUT2D eigenvalue weighted by atomic mass is 16.2. The zero-order chi connectivity index (χ0) is 17.3. The summed E-state index contributed by atoms with van der Waals surface area (Å²) in [5.41, 5.74) is 1.64. The second-order valence-electron chi connectivity index (χ2n) is 5.64. The summed E-state index contributed by atoms with van der Waals surface area (Å²) in [6, 6.07) is 8.88. The molecular formula is C17H15N5O2. The lowest BCUT2D eigenvalue weighted by atomic mass is 10.1. The Bertz CT molecular complexity index is 1020. The minimum atomic E-state index is -0.484. The van der Waals surface area contributed by atoms with Crippen molar-refractivity contribution in [2.45, 2.75) is 19.9 Å². The number of nitriles is 1. The number of anilines is 1. The minimum absolute atomic E-state index is 0.0269. The van der Waals surface area contributed by atoms with Crippen molar-refractivity contribution in [3.05, 3.63) is 58.4 Å². The average molecular weight is 321 g/mol. The Hall–Kier alpha value is -3.40. The number of aromatic amines is 1. The molecule has 1 amide bonds. The highest BCUT2D eigenvalue weighted by molar-refractivity contribution is 6.04. The summed E-state index contributed by atoms with van der Waals surface area (Å²) in [5, 5.41) is 12.8. The second kappa shape index (κ2) is 6.01. The van der Waals surface area contributed by atoms with Gasteiger partial charge in [0, 0.05) is 34.9 Å². The molecule has 0 saturated heterocycles. The van der Waals surface area contributed by atoms with Crippen LogP contribution in [-0.4, -0.2) is 20.4 Å². The highest BCUT2D eigenvalue weighted by Crippen LogP contribution is 2.27. The van der Waals surface area contributed by atoms with Crippen molar-refractivity contribution < 1.29 is 4.79 Å². The predicted molar refractivity (Wildman–Crippen MR) is 89.8 cm³/mol. The van der Waals surface area contributed by atoms with Crippen molar-refractivity contribution in [1.82, 2.24) is 14.5 Å². The van der Waals surface area contributed by atoms with Crippen molar-refractivity contribution >= 4 is 22.5 Å². The van der Waals surface area contributed by atoms with Gasteiger partial charge in [0.15, 0.2) is 0 Å². The number of nitrogens with zero attached hydrogens (tertiary/aromatic N) is 3. The monoisotopic (exact) mass is 321 g/mol. The maximum Gasteiger partial charge on any atom is 0.274 e. The van der Waals surface area contributed by atoms with E-state index in [1.165, 1.54) is 6.33 Å². The lowest BCUT2D eigenvalue weighted by Crippen LogP contribution is -2.17. The van der Waals surface area contributed by atoms with Crippen molar-refractivity contribution in [3.8, 4) is 6.07 Å². The molecule has 0 aliphatic carbocycles. The number of amides is 1. The van der Waals surface area contributed by atoms with E-state index in [2.05, 4.69) is 21.4 Å². The van der Waals surface area contributed by atoms with Gasteiger partial charge in [0.25, 0.3) is 11.5 Å². The van der Waals surface area contributed by atoms with Crippen LogP contribution in [0.3, 0.4) is 0 Å². The van der Waals surface area contributed by atoms with Gasteiger partial charge in [-0.1, -0.05) is 0 Å². The van der Waals surface area contributed by atoms with E-state index in [0.29, 0.717) is 11.3 Å². The Kier molecular flexibility index (Phi) is 3.88. The molecule has 0 aliphatic heterocycles. The lowest BCUT2D eigenvalue weighted by Gasteiger charge is -2.10. The van der Waals surface area contributed by atoms with E-state index in [9.17, 15) is 14.9 Å². The molecule has 2 heterocycles. The normalized spacial score (nSPS) is 10.8. The van der Waals surface area contributed by atoms with Crippen LogP contribution in [0.5, 0.6) is 0 Å². The van der Waals surface area contributed by atoms with Gasteiger partial charge in [0.2, 0.25) is 0 Å². The number of hydrogen-bond donors (Lipinski definition) is 2. The number of hydrogen-bond acceptors (Lipinski definition) is 4. The first-order valence-electron chi connectivity index (χ1n) is 7.40. The quantitative estimate of drug-likeness (QED) is 0.773. The first-order valence-corrected chi connectivity index (χ1v) is 7.40. The Morgan fingerprint density at radius 2 is 2.17 bits per heavy atom. The smallest absolute Gasteiger partial charge is 0.274 e. The highest BCUT2D eigenvalue weighted by Gasteiger charge is 2.13. The van der Waals surface area contributed by atoms with E-state index < -0.39 is 11.5 Å². The topological polar surface area (TPSA) is 104 Å². The zero-order valence-electron chi connectivity index (χ0n) is 13.2. The number of carbonyl (C=O) groups is 1. The minimum Gasteiger partial charge on any atom is -0.344 e. The average Bonchev–Trinajstić information content (AvgIpc) is 2.93. The van der Waals surface area contributed by atoms with Gasteiger partial charge in [0.05, 0.1) is 11.9 Å². The Morgan fingerprint density at radius 3 is 2.83 bits per heavy atom. The number of H-pyrrole nitrogens is 1. The summed E-state index contributed by atoms with van der Waals surface area (Å²) in [7, 11) is 0. The van der Waals surface area contributed by atoms with Gasteiger partial charge in [-0.15, -0.1) is 0 Å². The van der Waals surface area contributed by atoms with Gasteiger partial charge in [-0.2, -0.15) is 5.26 Å². The molecule has 0 fully saturated rings. The predicted octanol–water partition coefficient (Wildman–Crippen LogP) is 2.43. The van der Waals surface area contributed by atoms with E-state index in [-0.39, 0.29) is 11.7 Å². The molecule has 0 atom stereocenters. The van der Waals surface area contributed by atoms with Gasteiger partial charge in [-0.05, 0) is 32.0 Å². The number of nitrogens with one attached hydrogen (secondary N) is 2. The van der Waals surface area contributed by atoms with Crippen molar-refractivity contribution in [3.63, 3.8) is 0 Å². The molecule has 24 heavy (non-hydrogen) atoms. The van der Waals surface area contributed by atoms with Crippen molar-refractivity contribution in [1.29, 1.82) is 5.26 Å². The third-order valence-electron chi connectivity index (χ3n) is 3.68. The summed E-state index contributed by atoms with van der Waals surface area (Å²) in [6.07, 6.45) is 2.98. The van der Waals surface area contributed by atoms with Crippen LogP contribution in [0.25, 0.3) is 10.9 Å². The molecule has 0 unspecified atom stereocenters. The maximum absolute atomic E-state index is 12.2. The summed E-state index contributed by atoms with van der Waals surface area (Å²) in [5.74, 6) is -0.484. The van der Waals surface area contributed by atoms with Crippen LogP contribution < -0.4 is 10.9 Å². The van der Waals surface area contributed by atoms with Crippen LogP contribution in [0, 0.1) is 11.3 Å². The fraction of sp³-hybridized carbons (Fsp3) is 0.176. The van der Waals surface area contributed by atoms with Crippen LogP contribution in [0.4, 0.5) is 5.69 Å². The van der Waals surface area contributed by atoms with Crippen LogP contribution in [0.1, 0.15) is 35.9 Å². The van der Waals surface area contributed by atoms with Crippen molar-refractivity contribution in [2.75, 3.05) is 5.32 Å². The van der Waals surface area contributed by atoms with Gasteiger partial charge in [-0.25, -0.2) is 4.98 Å². The molecule has 0 bridgehead atoms. The second-order valence-corrected chi connectivity index (χ2v) is 5.64. The zero-order valence-corrected chi connectivity index (χ0v) is 13.2. The summed E-state index contributed by atoms with van der Waals surface area (Å²) < 4.78 is 2.01. The Labute approximate surface area is 137 Å². The van der Waals surface area contributed by atoms with E-state index in [0.717, 1.165) is 17.0 Å². The molecule has 2 aromatic heterocycles. The van der Waals surface area contributed by atoms with Crippen LogP contribution in [0.2, 0.25) is 0 Å². The molecular weight excluding hydrogens is 306 g/mol. The van der Waals surface area contributed by atoms with E-state index >= 15 is 0 Å². The molecule has 0 radical (unpaired) electrons. The number of aromatic nitrogens is 3. The van der Waals surface area contributed by atoms with E-state index in [1.54, 1.807) is 18.3 Å². The molecule has 7 heteroatoms. The largest absolute Gasteiger partial charge is 0.344 e. The third kappa shape index (κ3) is 2.77. The Balaban J connectivity index is 1.98. The van der Waals surface area contributed by atoms with Gasteiger partial charge >= 0.3 is 0 Å². The first-order chi connectivity index (χ1) is 11.5. The third-order valence-corrected chi connectivity index (χ3v) is 3.68. The summed E-state index contributed by atoms with van der Waals surface area (Å²) >= 11 is 0. The van der Waals surface area contributed by atoms with Crippen molar-refractivity contribution in [2.24, 2.45) is 0 Å². The van der Waals surface area contributed by atoms with E-state index in [4.69, 9.17) is 0 Å². The molecule has 7 nitrogen and oxygen atoms in total. The standard InChI is InChI=1S/C17H15N5O2/c1-10(2)22-8-11(7-18)13-5-12(3-4-15(13)22)21-17(24)14-6-16(23)20-9-19-14/h3-6,8-10H,1-2H3,(H,21,24)(H,19,20,23). The molecule has 1 aromatic carbocycles. The van der Waals surface area contributed by atoms with Crippen LogP contribution in [-0.2, 0) is 0 Å². The first kappa shape index (κ1) is 15.5. The molecule has 2 N–H and O–H groups in total. The van der Waals surface area contributed by atoms with Crippen LogP contribution in [0.15, 0.2) is 41.6 Å². The Morgan fingerprint density at radius 1 is 1.38 bits per heavy atom. The number of benzene rings is 1. The molecule has 3 aromatic rings. The SMILES string of the molecule is CC(C)n1cc(C#N)c2cc(NC(=O)c3cc(=O)[nH]cn3)ccc21. The summed E-state index contributed by atoms with van der Waals surface area (Å²) in [6.45, 7) is 4.07.